The van der Waals surface area contributed by atoms with Gasteiger partial charge in [0.15, 0.2) is 0 Å². The van der Waals surface area contributed by atoms with Crippen LogP contribution in [0.15, 0.2) is 21.5 Å². The average Bonchev–Trinajstić information content (AvgIpc) is 2.13. The van der Waals surface area contributed by atoms with Crippen LogP contribution in [0.1, 0.15) is 13.8 Å². The monoisotopic (exact) mass is 293 g/mol. The summed E-state index contributed by atoms with van der Waals surface area (Å²) in [4.78, 5) is 0.775. The highest BCUT2D eigenvalue weighted by atomic mass is 79.9. The minimum absolute atomic E-state index is 0.0182. The van der Waals surface area contributed by atoms with Gasteiger partial charge in [0.05, 0.1) is 10.6 Å². The van der Waals surface area contributed by atoms with Crippen molar-refractivity contribution < 1.29 is 9.50 Å². The summed E-state index contributed by atoms with van der Waals surface area (Å²) >= 11 is 4.53. The number of thioether (sulfide) groups is 1. The van der Waals surface area contributed by atoms with E-state index in [2.05, 4.69) is 15.9 Å². The number of anilines is 1. The molecule has 5 heteroatoms. The number of aliphatic hydroxyl groups is 1. The average molecular weight is 294 g/mol. The number of rotatable bonds is 3. The molecule has 0 aromatic heterocycles. The topological polar surface area (TPSA) is 46.2 Å². The van der Waals surface area contributed by atoms with Gasteiger partial charge in [-0.25, -0.2) is 4.39 Å². The van der Waals surface area contributed by atoms with Crippen LogP contribution in [-0.2, 0) is 0 Å². The molecule has 0 aliphatic rings. The predicted octanol–water partition coefficient (Wildman–Crippen LogP) is 3.03. The van der Waals surface area contributed by atoms with Crippen molar-refractivity contribution in [2.75, 3.05) is 5.73 Å². The summed E-state index contributed by atoms with van der Waals surface area (Å²) < 4.78 is 13.5. The van der Waals surface area contributed by atoms with Gasteiger partial charge >= 0.3 is 0 Å². The molecule has 0 amide bonds. The molecule has 0 bridgehead atoms. The zero-order chi connectivity index (χ0) is 11.6. The first-order valence-corrected chi connectivity index (χ1v) is 6.18. The number of nitrogens with two attached hydrogens (primary N) is 1. The van der Waals surface area contributed by atoms with E-state index >= 15 is 0 Å². The third-order valence-electron chi connectivity index (χ3n) is 2.04. The number of halogens is 2. The van der Waals surface area contributed by atoms with Crippen molar-refractivity contribution in [3.05, 3.63) is 22.4 Å². The van der Waals surface area contributed by atoms with E-state index in [1.807, 2.05) is 6.92 Å². The van der Waals surface area contributed by atoms with Gasteiger partial charge in [0.1, 0.15) is 5.82 Å². The SMILES string of the molecule is CC(O)C(C)Sc1cc(Br)c(F)cc1N. The number of hydrogen-bond acceptors (Lipinski definition) is 3. The second-order valence-corrected chi connectivity index (χ2v) is 5.64. The Hall–Kier alpha value is -0.260. The van der Waals surface area contributed by atoms with E-state index in [0.29, 0.717) is 10.2 Å². The minimum Gasteiger partial charge on any atom is -0.398 e. The Morgan fingerprint density at radius 3 is 2.60 bits per heavy atom. The van der Waals surface area contributed by atoms with Crippen LogP contribution in [0.3, 0.4) is 0 Å². The van der Waals surface area contributed by atoms with Gasteiger partial charge < -0.3 is 10.8 Å². The van der Waals surface area contributed by atoms with Crippen LogP contribution in [0.2, 0.25) is 0 Å². The highest BCUT2D eigenvalue weighted by molar-refractivity contribution is 9.10. The largest absolute Gasteiger partial charge is 0.398 e. The molecule has 0 saturated heterocycles. The van der Waals surface area contributed by atoms with E-state index in [1.54, 1.807) is 13.0 Å². The van der Waals surface area contributed by atoms with Gasteiger partial charge in [-0.2, -0.15) is 0 Å². The van der Waals surface area contributed by atoms with Gasteiger partial charge in [-0.15, -0.1) is 11.8 Å². The molecule has 0 radical (unpaired) electrons. The lowest BCUT2D eigenvalue weighted by atomic mass is 10.3. The third kappa shape index (κ3) is 3.36. The van der Waals surface area contributed by atoms with Gasteiger partial charge in [0, 0.05) is 15.8 Å². The molecule has 1 aromatic carbocycles. The normalized spacial score (nSPS) is 15.0. The Labute approximate surface area is 101 Å². The quantitative estimate of drug-likeness (QED) is 0.665. The van der Waals surface area contributed by atoms with Gasteiger partial charge in [-0.05, 0) is 35.0 Å². The summed E-state index contributed by atoms with van der Waals surface area (Å²) in [5, 5.41) is 9.37. The minimum atomic E-state index is -0.432. The second-order valence-electron chi connectivity index (χ2n) is 3.37. The number of benzene rings is 1. The smallest absolute Gasteiger partial charge is 0.139 e. The predicted molar refractivity (Wildman–Crippen MR) is 65.5 cm³/mol. The molecule has 0 spiro atoms. The molecular weight excluding hydrogens is 281 g/mol. The fourth-order valence-electron chi connectivity index (χ4n) is 0.945. The Morgan fingerprint density at radius 2 is 2.07 bits per heavy atom. The molecule has 0 aliphatic carbocycles. The molecule has 3 N–H and O–H groups in total. The summed E-state index contributed by atoms with van der Waals surface area (Å²) in [6, 6.07) is 2.91. The molecule has 0 heterocycles. The van der Waals surface area contributed by atoms with Gasteiger partial charge in [-0.1, -0.05) is 6.92 Å². The van der Waals surface area contributed by atoms with Crippen molar-refractivity contribution in [2.45, 2.75) is 30.1 Å². The van der Waals surface area contributed by atoms with E-state index < -0.39 is 6.10 Å². The molecule has 0 fully saturated rings. The zero-order valence-corrected chi connectivity index (χ0v) is 10.9. The summed E-state index contributed by atoms with van der Waals surface area (Å²) in [6.07, 6.45) is -0.432. The summed E-state index contributed by atoms with van der Waals surface area (Å²) in [5.41, 5.74) is 6.07. The first kappa shape index (κ1) is 12.8. The molecule has 0 aliphatic heterocycles. The molecule has 0 saturated carbocycles. The highest BCUT2D eigenvalue weighted by Crippen LogP contribution is 2.33. The van der Waals surface area contributed by atoms with Crippen LogP contribution in [0.4, 0.5) is 10.1 Å². The van der Waals surface area contributed by atoms with E-state index in [0.717, 1.165) is 4.90 Å². The lowest BCUT2D eigenvalue weighted by Crippen LogP contribution is -2.15. The van der Waals surface area contributed by atoms with Crippen LogP contribution in [-0.4, -0.2) is 16.5 Å². The molecule has 2 atom stereocenters. The Kier molecular flexibility index (Phi) is 4.43. The van der Waals surface area contributed by atoms with Gasteiger partial charge in [-0.3, -0.25) is 0 Å². The Morgan fingerprint density at radius 1 is 1.47 bits per heavy atom. The molecule has 84 valence electrons. The molecular formula is C10H13BrFNOS. The molecule has 1 rings (SSSR count). The van der Waals surface area contributed by atoms with Crippen LogP contribution in [0, 0.1) is 5.82 Å². The molecule has 2 nitrogen and oxygen atoms in total. The van der Waals surface area contributed by atoms with Crippen molar-refractivity contribution >= 4 is 33.4 Å². The van der Waals surface area contributed by atoms with Crippen LogP contribution >= 0.6 is 27.7 Å². The van der Waals surface area contributed by atoms with E-state index in [1.165, 1.54) is 17.8 Å². The van der Waals surface area contributed by atoms with Crippen LogP contribution < -0.4 is 5.73 Å². The highest BCUT2D eigenvalue weighted by Gasteiger charge is 2.13. The van der Waals surface area contributed by atoms with Crippen LogP contribution in [0.25, 0.3) is 0 Å². The lowest BCUT2D eigenvalue weighted by molar-refractivity contribution is 0.196. The fourth-order valence-corrected chi connectivity index (χ4v) is 2.42. The maximum Gasteiger partial charge on any atom is 0.139 e. The molecule has 1 aromatic rings. The van der Waals surface area contributed by atoms with Crippen molar-refractivity contribution in [1.82, 2.24) is 0 Å². The van der Waals surface area contributed by atoms with E-state index in [4.69, 9.17) is 5.73 Å². The summed E-state index contributed by atoms with van der Waals surface area (Å²) in [7, 11) is 0. The Balaban J connectivity index is 2.91. The lowest BCUT2D eigenvalue weighted by Gasteiger charge is -2.15. The third-order valence-corrected chi connectivity index (χ3v) is 4.03. The standard InChI is InChI=1S/C10H13BrFNOS/c1-5(14)6(2)15-10-3-7(11)8(12)4-9(10)13/h3-6,14H,13H2,1-2H3. The summed E-state index contributed by atoms with van der Waals surface area (Å²) in [5.74, 6) is -0.374. The molecule has 2 unspecified atom stereocenters. The number of hydrogen-bond donors (Lipinski definition) is 2. The van der Waals surface area contributed by atoms with E-state index in [-0.39, 0.29) is 11.1 Å². The fraction of sp³-hybridized carbons (Fsp3) is 0.400. The van der Waals surface area contributed by atoms with Gasteiger partial charge in [0.2, 0.25) is 0 Å². The zero-order valence-electron chi connectivity index (χ0n) is 8.50. The Bertz CT molecular complexity index is 360. The molecule has 15 heavy (non-hydrogen) atoms. The first-order valence-electron chi connectivity index (χ1n) is 4.51. The maximum atomic E-state index is 13.1. The van der Waals surface area contributed by atoms with Crippen molar-refractivity contribution in [1.29, 1.82) is 0 Å². The van der Waals surface area contributed by atoms with Gasteiger partial charge in [0.25, 0.3) is 0 Å². The maximum absolute atomic E-state index is 13.1. The number of nitrogen functional groups attached to an aromatic ring is 1. The van der Waals surface area contributed by atoms with Crippen molar-refractivity contribution in [3.8, 4) is 0 Å². The van der Waals surface area contributed by atoms with E-state index in [9.17, 15) is 9.50 Å². The second kappa shape index (κ2) is 5.18. The number of aliphatic hydroxyl groups excluding tert-OH is 1. The van der Waals surface area contributed by atoms with Crippen molar-refractivity contribution in [3.63, 3.8) is 0 Å². The summed E-state index contributed by atoms with van der Waals surface area (Å²) in [6.45, 7) is 3.61. The van der Waals surface area contributed by atoms with Crippen LogP contribution in [0.5, 0.6) is 0 Å². The first-order chi connectivity index (χ1) is 6.91. The van der Waals surface area contributed by atoms with Crippen molar-refractivity contribution in [2.24, 2.45) is 0 Å².